The predicted octanol–water partition coefficient (Wildman–Crippen LogP) is 4.15. The van der Waals surface area contributed by atoms with Crippen molar-refractivity contribution in [1.29, 1.82) is 0 Å². The van der Waals surface area contributed by atoms with Gasteiger partial charge in [0.05, 0.1) is 17.9 Å². The van der Waals surface area contributed by atoms with Gasteiger partial charge < -0.3 is 10.1 Å². The summed E-state index contributed by atoms with van der Waals surface area (Å²) >= 11 is 0. The number of rotatable bonds is 4. The molecule has 1 fully saturated rings. The van der Waals surface area contributed by atoms with E-state index in [1.54, 1.807) is 6.20 Å². The predicted molar refractivity (Wildman–Crippen MR) is 101 cm³/mol. The first kappa shape index (κ1) is 16.5. The number of hydrogen-bond acceptors (Lipinski definition) is 3. The Labute approximate surface area is 152 Å². The van der Waals surface area contributed by atoms with E-state index >= 15 is 0 Å². The van der Waals surface area contributed by atoms with Crippen LogP contribution in [0.25, 0.3) is 11.1 Å². The summed E-state index contributed by atoms with van der Waals surface area (Å²) in [5, 5.41) is 7.31. The monoisotopic (exact) mass is 347 g/mol. The maximum Gasteiger partial charge on any atom is 0.255 e. The van der Waals surface area contributed by atoms with E-state index in [2.05, 4.69) is 22.5 Å². The Kier molecular flexibility index (Phi) is 4.80. The maximum atomic E-state index is 12.5. The van der Waals surface area contributed by atoms with Gasteiger partial charge in [0.2, 0.25) is 0 Å². The Morgan fingerprint density at radius 3 is 2.42 bits per heavy atom. The Hall–Kier alpha value is -2.92. The Morgan fingerprint density at radius 2 is 1.69 bits per heavy atom. The third-order valence-electron chi connectivity index (χ3n) is 4.68. The first-order valence-electron chi connectivity index (χ1n) is 8.88. The van der Waals surface area contributed by atoms with Gasteiger partial charge in [0.15, 0.2) is 0 Å². The molecule has 0 aliphatic carbocycles. The molecule has 2 heterocycles. The summed E-state index contributed by atoms with van der Waals surface area (Å²) in [6.07, 6.45) is 5.50. The molecule has 5 heteroatoms. The minimum Gasteiger partial charge on any atom is -0.381 e. The van der Waals surface area contributed by atoms with Crippen molar-refractivity contribution in [1.82, 2.24) is 9.78 Å². The molecule has 1 saturated heterocycles. The average Bonchev–Trinajstić information content (AvgIpc) is 3.18. The molecule has 2 aromatic carbocycles. The fourth-order valence-electron chi connectivity index (χ4n) is 3.20. The highest BCUT2D eigenvalue weighted by molar-refractivity contribution is 6.04. The van der Waals surface area contributed by atoms with Crippen molar-refractivity contribution in [2.75, 3.05) is 18.5 Å². The summed E-state index contributed by atoms with van der Waals surface area (Å²) in [4.78, 5) is 12.5. The van der Waals surface area contributed by atoms with Gasteiger partial charge in [-0.25, -0.2) is 0 Å². The van der Waals surface area contributed by atoms with E-state index in [1.165, 1.54) is 0 Å². The van der Waals surface area contributed by atoms with Crippen LogP contribution in [-0.4, -0.2) is 28.9 Å². The highest BCUT2D eigenvalue weighted by Crippen LogP contribution is 2.22. The smallest absolute Gasteiger partial charge is 0.255 e. The molecule has 0 unspecified atom stereocenters. The number of benzene rings is 2. The summed E-state index contributed by atoms with van der Waals surface area (Å²) in [6, 6.07) is 18.1. The second-order valence-corrected chi connectivity index (χ2v) is 6.45. The van der Waals surface area contributed by atoms with E-state index in [0.717, 1.165) is 37.2 Å². The molecule has 0 bridgehead atoms. The molecule has 26 heavy (non-hydrogen) atoms. The van der Waals surface area contributed by atoms with Crippen molar-refractivity contribution >= 4 is 11.6 Å². The Balaban J connectivity index is 1.42. The number of nitrogens with one attached hydrogen (secondary N) is 1. The molecule has 0 radical (unpaired) electrons. The fraction of sp³-hybridized carbons (Fsp3) is 0.238. The molecule has 3 aromatic rings. The summed E-state index contributed by atoms with van der Waals surface area (Å²) in [5.74, 6) is -0.129. The number of anilines is 1. The second kappa shape index (κ2) is 7.54. The molecule has 1 aromatic heterocycles. The molecular weight excluding hydrogens is 326 g/mol. The van der Waals surface area contributed by atoms with Gasteiger partial charge in [0.1, 0.15) is 0 Å². The van der Waals surface area contributed by atoms with E-state index in [1.807, 2.05) is 53.3 Å². The van der Waals surface area contributed by atoms with Crippen molar-refractivity contribution < 1.29 is 9.53 Å². The Morgan fingerprint density at radius 1 is 1.00 bits per heavy atom. The molecule has 1 aliphatic rings. The van der Waals surface area contributed by atoms with E-state index in [9.17, 15) is 4.79 Å². The molecule has 0 saturated carbocycles. The topological polar surface area (TPSA) is 56.2 Å². The van der Waals surface area contributed by atoms with Gasteiger partial charge in [0.25, 0.3) is 5.91 Å². The van der Waals surface area contributed by atoms with Crippen LogP contribution in [0.1, 0.15) is 29.2 Å². The number of carbonyl (C=O) groups is 1. The van der Waals surface area contributed by atoms with Gasteiger partial charge in [0, 0.05) is 25.0 Å². The van der Waals surface area contributed by atoms with Gasteiger partial charge >= 0.3 is 0 Å². The zero-order valence-corrected chi connectivity index (χ0v) is 14.5. The third kappa shape index (κ3) is 3.68. The lowest BCUT2D eigenvalue weighted by molar-refractivity contribution is 0.0662. The number of aromatic nitrogens is 2. The van der Waals surface area contributed by atoms with Gasteiger partial charge in [-0.15, -0.1) is 0 Å². The SMILES string of the molecule is O=C(Nc1cnn(C2CCOCC2)c1)c1ccc(-c2ccccc2)cc1. The zero-order chi connectivity index (χ0) is 17.8. The van der Waals surface area contributed by atoms with Crippen LogP contribution in [-0.2, 0) is 4.74 Å². The number of nitrogens with zero attached hydrogens (tertiary/aromatic N) is 2. The number of hydrogen-bond donors (Lipinski definition) is 1. The minimum absolute atomic E-state index is 0.129. The first-order valence-corrected chi connectivity index (χ1v) is 8.88. The van der Waals surface area contributed by atoms with Crippen LogP contribution in [0.5, 0.6) is 0 Å². The van der Waals surface area contributed by atoms with Crippen LogP contribution < -0.4 is 5.32 Å². The van der Waals surface area contributed by atoms with E-state index in [4.69, 9.17) is 4.74 Å². The molecule has 0 spiro atoms. The molecule has 4 rings (SSSR count). The largest absolute Gasteiger partial charge is 0.381 e. The minimum atomic E-state index is -0.129. The van der Waals surface area contributed by atoms with Crippen LogP contribution >= 0.6 is 0 Å². The molecule has 132 valence electrons. The molecule has 1 amide bonds. The van der Waals surface area contributed by atoms with Crippen LogP contribution in [0.3, 0.4) is 0 Å². The van der Waals surface area contributed by atoms with Crippen molar-refractivity contribution in [3.8, 4) is 11.1 Å². The van der Waals surface area contributed by atoms with Crippen LogP contribution in [0, 0.1) is 0 Å². The summed E-state index contributed by atoms with van der Waals surface area (Å²) in [6.45, 7) is 1.53. The summed E-state index contributed by atoms with van der Waals surface area (Å²) in [7, 11) is 0. The van der Waals surface area contributed by atoms with Gasteiger partial charge in [-0.1, -0.05) is 42.5 Å². The van der Waals surface area contributed by atoms with Gasteiger partial charge in [-0.2, -0.15) is 5.10 Å². The molecule has 5 nitrogen and oxygen atoms in total. The Bertz CT molecular complexity index is 866. The van der Waals surface area contributed by atoms with Gasteiger partial charge in [-0.05, 0) is 36.1 Å². The molecule has 0 atom stereocenters. The fourth-order valence-corrected chi connectivity index (χ4v) is 3.20. The number of amides is 1. The highest BCUT2D eigenvalue weighted by Gasteiger charge is 2.17. The van der Waals surface area contributed by atoms with E-state index < -0.39 is 0 Å². The molecular formula is C21H21N3O2. The molecule has 1 N–H and O–H groups in total. The third-order valence-corrected chi connectivity index (χ3v) is 4.68. The van der Waals surface area contributed by atoms with Crippen LogP contribution in [0.4, 0.5) is 5.69 Å². The van der Waals surface area contributed by atoms with E-state index in [-0.39, 0.29) is 5.91 Å². The number of ether oxygens (including phenoxy) is 1. The highest BCUT2D eigenvalue weighted by atomic mass is 16.5. The summed E-state index contributed by atoms with van der Waals surface area (Å²) < 4.78 is 7.31. The lowest BCUT2D eigenvalue weighted by Gasteiger charge is -2.22. The second-order valence-electron chi connectivity index (χ2n) is 6.45. The quantitative estimate of drug-likeness (QED) is 0.771. The van der Waals surface area contributed by atoms with Crippen molar-refractivity contribution in [3.05, 3.63) is 72.6 Å². The summed E-state index contributed by atoms with van der Waals surface area (Å²) in [5.41, 5.74) is 3.57. The van der Waals surface area contributed by atoms with Crippen LogP contribution in [0.2, 0.25) is 0 Å². The maximum absolute atomic E-state index is 12.5. The number of carbonyl (C=O) groups excluding carboxylic acids is 1. The standard InChI is InChI=1S/C21H21N3O2/c25-21(18-8-6-17(7-9-18)16-4-2-1-3-5-16)23-19-14-22-24(15-19)20-10-12-26-13-11-20/h1-9,14-15,20H,10-13H2,(H,23,25). The van der Waals surface area contributed by atoms with Gasteiger partial charge in [-0.3, -0.25) is 9.48 Å². The average molecular weight is 347 g/mol. The lowest BCUT2D eigenvalue weighted by atomic mass is 10.0. The van der Waals surface area contributed by atoms with Crippen LogP contribution in [0.15, 0.2) is 67.0 Å². The molecule has 1 aliphatic heterocycles. The first-order chi connectivity index (χ1) is 12.8. The van der Waals surface area contributed by atoms with E-state index in [0.29, 0.717) is 17.3 Å². The lowest BCUT2D eigenvalue weighted by Crippen LogP contribution is -2.19. The normalized spacial score (nSPS) is 14.9. The van der Waals surface area contributed by atoms with Crippen molar-refractivity contribution in [2.24, 2.45) is 0 Å². The van der Waals surface area contributed by atoms with Crippen molar-refractivity contribution in [2.45, 2.75) is 18.9 Å². The zero-order valence-electron chi connectivity index (χ0n) is 14.5. The van der Waals surface area contributed by atoms with Crippen molar-refractivity contribution in [3.63, 3.8) is 0 Å².